The van der Waals surface area contributed by atoms with Crippen LogP contribution < -0.4 is 10.4 Å². The molecule has 7 nitrogen and oxygen atoms in total. The number of thiophene rings is 1. The Morgan fingerprint density at radius 2 is 1.90 bits per heavy atom. The number of nitrogens with zero attached hydrogens (tertiary/aromatic N) is 2. The maximum absolute atomic E-state index is 14.0. The summed E-state index contributed by atoms with van der Waals surface area (Å²) in [5.74, 6) is -1.50. The molecule has 1 atom stereocenters. The lowest BCUT2D eigenvalue weighted by atomic mass is 10.0. The summed E-state index contributed by atoms with van der Waals surface area (Å²) in [5, 5.41) is 2.03. The first-order chi connectivity index (χ1) is 19.1. The van der Waals surface area contributed by atoms with E-state index in [-0.39, 0.29) is 17.0 Å². The number of amides is 1. The molecule has 2 heterocycles. The number of fused-ring (bicyclic) bond motifs is 1. The van der Waals surface area contributed by atoms with Crippen LogP contribution in [0.2, 0.25) is 0 Å². The molecule has 0 saturated heterocycles. The second-order valence-electron chi connectivity index (χ2n) is 9.54. The molecule has 1 N–H and O–H groups in total. The topological polar surface area (TPSA) is 90.2 Å². The summed E-state index contributed by atoms with van der Waals surface area (Å²) in [6.45, 7) is 10.2. The molecule has 4 rings (SSSR count). The van der Waals surface area contributed by atoms with Crippen molar-refractivity contribution < 1.29 is 17.6 Å². The second kappa shape index (κ2) is 12.2. The van der Waals surface area contributed by atoms with E-state index in [1.165, 1.54) is 12.1 Å². The highest BCUT2D eigenvalue weighted by molar-refractivity contribution is 7.90. The molecular weight excluding hydrogens is 549 g/mol. The normalized spacial score (nSPS) is 12.9. The minimum Gasteiger partial charge on any atom is -0.288 e. The number of para-hydroxylation sites is 2. The van der Waals surface area contributed by atoms with Crippen molar-refractivity contribution >= 4 is 49.9 Å². The van der Waals surface area contributed by atoms with Crippen LogP contribution in [0.15, 0.2) is 76.3 Å². The third-order valence-corrected chi connectivity index (χ3v) is 9.27. The van der Waals surface area contributed by atoms with Crippen LogP contribution in [0, 0.1) is 5.82 Å². The number of sulfonamides is 1. The highest BCUT2D eigenvalue weighted by Gasteiger charge is 2.26. The van der Waals surface area contributed by atoms with Gasteiger partial charge in [-0.05, 0) is 67.1 Å². The summed E-state index contributed by atoms with van der Waals surface area (Å²) >= 11 is 1.57. The zero-order chi connectivity index (χ0) is 29.0. The Kier molecular flexibility index (Phi) is 8.90. The van der Waals surface area contributed by atoms with Gasteiger partial charge in [-0.3, -0.25) is 13.9 Å². The number of hydrogen-bond acceptors (Lipinski definition) is 5. The van der Waals surface area contributed by atoms with E-state index in [1.807, 2.05) is 67.3 Å². The van der Waals surface area contributed by atoms with Crippen LogP contribution in [0.4, 0.5) is 4.39 Å². The van der Waals surface area contributed by atoms with E-state index < -0.39 is 27.8 Å². The standard InChI is InChI=1S/C30H32FN3O4S2/c1-5-11-23(17-28(35)32-40(37,38)24-13-10-12-22(31)16-24)34-26-15-9-8-14-25(26)33(30(34)36)18-21-19-39-27(7-3)29(21)20(4)6-2/h6-10,12-16,19,23H,3,5,11,17-18H2,1-2,4H3,(H,32,35)/b20-6-. The molecule has 0 aliphatic carbocycles. The van der Waals surface area contributed by atoms with E-state index in [0.29, 0.717) is 24.9 Å². The van der Waals surface area contributed by atoms with E-state index in [9.17, 15) is 22.4 Å². The van der Waals surface area contributed by atoms with Crippen LogP contribution in [0.3, 0.4) is 0 Å². The monoisotopic (exact) mass is 581 g/mol. The zero-order valence-corrected chi connectivity index (χ0v) is 24.3. The average molecular weight is 582 g/mol. The SMILES string of the molecule is C=Cc1scc(Cn2c(=O)n(C(CCC)CC(=O)NS(=O)(=O)c3cccc(F)c3)c3ccccc32)c1/C(C)=C\C. The number of allylic oxidation sites excluding steroid dienone is 2. The molecular formula is C30H32FN3O4S2. The number of halogens is 1. The summed E-state index contributed by atoms with van der Waals surface area (Å²) in [5.41, 5.74) is 4.23. The molecule has 0 aliphatic rings. The summed E-state index contributed by atoms with van der Waals surface area (Å²) < 4.78 is 44.4. The molecule has 1 unspecified atom stereocenters. The first-order valence-electron chi connectivity index (χ1n) is 13.0. The Morgan fingerprint density at radius 1 is 1.18 bits per heavy atom. The van der Waals surface area contributed by atoms with Gasteiger partial charge in [-0.2, -0.15) is 0 Å². The highest BCUT2D eigenvalue weighted by atomic mass is 32.2. The summed E-state index contributed by atoms with van der Waals surface area (Å²) in [4.78, 5) is 27.6. The molecule has 0 spiro atoms. The Labute approximate surface area is 237 Å². The van der Waals surface area contributed by atoms with Crippen LogP contribution in [0.25, 0.3) is 22.7 Å². The number of nitrogens with one attached hydrogen (secondary N) is 1. The molecule has 4 aromatic rings. The van der Waals surface area contributed by atoms with Crippen molar-refractivity contribution in [2.24, 2.45) is 0 Å². The number of hydrogen-bond donors (Lipinski definition) is 1. The van der Waals surface area contributed by atoms with E-state index in [0.717, 1.165) is 39.2 Å². The Hall–Kier alpha value is -3.76. The fraction of sp³-hybridized carbons (Fsp3) is 0.267. The Bertz CT molecular complexity index is 1760. The van der Waals surface area contributed by atoms with Gasteiger partial charge in [0.05, 0.1) is 22.5 Å². The Balaban J connectivity index is 1.72. The van der Waals surface area contributed by atoms with E-state index in [1.54, 1.807) is 20.5 Å². The van der Waals surface area contributed by atoms with Gasteiger partial charge in [0.1, 0.15) is 5.82 Å². The largest absolute Gasteiger partial charge is 0.329 e. The first-order valence-corrected chi connectivity index (χ1v) is 15.3. The predicted molar refractivity (Wildman–Crippen MR) is 159 cm³/mol. The lowest BCUT2D eigenvalue weighted by molar-refractivity contribution is -0.120. The maximum Gasteiger partial charge on any atom is 0.329 e. The number of rotatable bonds is 11. The molecule has 2 aromatic carbocycles. The first kappa shape index (κ1) is 29.2. The van der Waals surface area contributed by atoms with Crippen molar-refractivity contribution in [3.05, 3.63) is 98.9 Å². The molecule has 0 radical (unpaired) electrons. The van der Waals surface area contributed by atoms with Gasteiger partial charge in [0.2, 0.25) is 5.91 Å². The van der Waals surface area contributed by atoms with Crippen molar-refractivity contribution in [3.63, 3.8) is 0 Å². The van der Waals surface area contributed by atoms with Crippen molar-refractivity contribution in [2.45, 2.75) is 57.5 Å². The minimum atomic E-state index is -4.27. The van der Waals surface area contributed by atoms with Crippen LogP contribution >= 0.6 is 11.3 Å². The van der Waals surface area contributed by atoms with E-state index >= 15 is 0 Å². The van der Waals surface area contributed by atoms with Crippen molar-refractivity contribution in [1.82, 2.24) is 13.9 Å². The van der Waals surface area contributed by atoms with Gasteiger partial charge >= 0.3 is 5.69 Å². The van der Waals surface area contributed by atoms with Gasteiger partial charge in [-0.1, -0.05) is 50.3 Å². The summed E-state index contributed by atoms with van der Waals surface area (Å²) in [7, 11) is -4.27. The van der Waals surface area contributed by atoms with Gasteiger partial charge < -0.3 is 0 Å². The van der Waals surface area contributed by atoms with Crippen LogP contribution in [0.5, 0.6) is 0 Å². The maximum atomic E-state index is 14.0. The Morgan fingerprint density at radius 3 is 2.55 bits per heavy atom. The molecule has 0 aliphatic heterocycles. The third-order valence-electron chi connectivity index (χ3n) is 6.87. The van der Waals surface area contributed by atoms with Crippen molar-refractivity contribution in [3.8, 4) is 0 Å². The van der Waals surface area contributed by atoms with Crippen LogP contribution in [-0.4, -0.2) is 23.5 Å². The fourth-order valence-corrected chi connectivity index (χ4v) is 6.93. The smallest absolute Gasteiger partial charge is 0.288 e. The molecule has 40 heavy (non-hydrogen) atoms. The lowest BCUT2D eigenvalue weighted by Crippen LogP contribution is -2.35. The average Bonchev–Trinajstić information content (AvgIpc) is 3.46. The number of benzene rings is 2. The van der Waals surface area contributed by atoms with Gasteiger partial charge in [0.15, 0.2) is 0 Å². The lowest BCUT2D eigenvalue weighted by Gasteiger charge is -2.18. The number of carbonyl (C=O) groups is 1. The second-order valence-corrected chi connectivity index (χ2v) is 12.1. The van der Waals surface area contributed by atoms with Crippen LogP contribution in [0.1, 0.15) is 62.1 Å². The van der Waals surface area contributed by atoms with Gasteiger partial charge in [0.25, 0.3) is 10.0 Å². The highest BCUT2D eigenvalue weighted by Crippen LogP contribution is 2.32. The zero-order valence-electron chi connectivity index (χ0n) is 22.7. The third kappa shape index (κ3) is 5.88. The van der Waals surface area contributed by atoms with E-state index in [4.69, 9.17) is 0 Å². The van der Waals surface area contributed by atoms with Gasteiger partial charge in [0, 0.05) is 22.9 Å². The van der Waals surface area contributed by atoms with E-state index in [2.05, 4.69) is 6.58 Å². The van der Waals surface area contributed by atoms with Crippen molar-refractivity contribution in [2.75, 3.05) is 0 Å². The quantitative estimate of drug-likeness (QED) is 0.223. The molecule has 210 valence electrons. The van der Waals surface area contributed by atoms with Crippen LogP contribution in [-0.2, 0) is 21.4 Å². The minimum absolute atomic E-state index is 0.238. The molecule has 2 aromatic heterocycles. The summed E-state index contributed by atoms with van der Waals surface area (Å²) in [6, 6.07) is 11.2. The fourth-order valence-electron chi connectivity index (χ4n) is 4.93. The number of aromatic nitrogens is 2. The molecule has 0 saturated carbocycles. The molecule has 0 fully saturated rings. The summed E-state index contributed by atoms with van der Waals surface area (Å²) in [6.07, 6.45) is 4.74. The molecule has 10 heteroatoms. The number of imidazole rings is 1. The van der Waals surface area contributed by atoms with Gasteiger partial charge in [-0.15, -0.1) is 11.3 Å². The number of carbonyl (C=O) groups excluding carboxylic acids is 1. The van der Waals surface area contributed by atoms with Gasteiger partial charge in [-0.25, -0.2) is 22.3 Å². The molecule has 0 bridgehead atoms. The molecule has 1 amide bonds. The predicted octanol–water partition coefficient (Wildman–Crippen LogP) is 6.35. The van der Waals surface area contributed by atoms with Crippen molar-refractivity contribution in [1.29, 1.82) is 0 Å².